The smallest absolute Gasteiger partial charge is 0.237 e. The number of thioether (sulfide) groups is 1. The summed E-state index contributed by atoms with van der Waals surface area (Å²) >= 11 is 13.5. The van der Waals surface area contributed by atoms with Gasteiger partial charge in [0.1, 0.15) is 0 Å². The highest BCUT2D eigenvalue weighted by Crippen LogP contribution is 2.29. The lowest BCUT2D eigenvalue weighted by atomic mass is 10.0. The maximum absolute atomic E-state index is 13.0. The fourth-order valence-electron chi connectivity index (χ4n) is 2.46. The van der Waals surface area contributed by atoms with Crippen molar-refractivity contribution >= 4 is 64.7 Å². The Morgan fingerprint density at radius 3 is 2.57 bits per heavy atom. The molecular formula is C19H16Cl3N3O2S. The van der Waals surface area contributed by atoms with Gasteiger partial charge in [-0.3, -0.25) is 9.59 Å². The van der Waals surface area contributed by atoms with Crippen LogP contribution in [0.2, 0.25) is 10.0 Å². The number of aromatic nitrogens is 2. The highest BCUT2D eigenvalue weighted by molar-refractivity contribution is 7.99. The highest BCUT2D eigenvalue weighted by atomic mass is 35.5. The average molecular weight is 457 g/mol. The van der Waals surface area contributed by atoms with Crippen LogP contribution >= 0.6 is 47.4 Å². The van der Waals surface area contributed by atoms with Crippen molar-refractivity contribution in [3.63, 3.8) is 0 Å². The molecule has 2 aromatic carbocycles. The Bertz CT molecular complexity index is 980. The zero-order valence-corrected chi connectivity index (χ0v) is 17.8. The number of benzene rings is 2. The monoisotopic (exact) mass is 455 g/mol. The maximum Gasteiger partial charge on any atom is 0.237 e. The molecule has 0 spiro atoms. The Balaban J connectivity index is 0.00000280. The number of hydrogen-bond acceptors (Lipinski definition) is 4. The maximum atomic E-state index is 13.0. The minimum absolute atomic E-state index is 0. The molecule has 0 aliphatic heterocycles. The molecule has 9 heteroatoms. The fourth-order valence-corrected chi connectivity index (χ4v) is 3.60. The first-order valence-electron chi connectivity index (χ1n) is 7.95. The predicted octanol–water partition coefficient (Wildman–Crippen LogP) is 5.12. The number of anilines is 1. The summed E-state index contributed by atoms with van der Waals surface area (Å²) in [6, 6.07) is 11.6. The summed E-state index contributed by atoms with van der Waals surface area (Å²) in [5, 5.41) is 1.40. The highest BCUT2D eigenvalue weighted by Gasteiger charge is 2.22. The third kappa shape index (κ3) is 5.08. The molecule has 1 amide bonds. The van der Waals surface area contributed by atoms with Crippen LogP contribution in [0.4, 0.5) is 5.69 Å². The second-order valence-electron chi connectivity index (χ2n) is 5.61. The number of carbonyl (C=O) groups excluding carboxylic acids is 2. The van der Waals surface area contributed by atoms with E-state index in [1.54, 1.807) is 61.9 Å². The first-order valence-corrected chi connectivity index (χ1v) is 9.69. The quantitative estimate of drug-likeness (QED) is 0.413. The van der Waals surface area contributed by atoms with Gasteiger partial charge in [-0.25, -0.2) is 4.98 Å². The molecule has 0 bridgehead atoms. The number of halogens is 3. The Morgan fingerprint density at radius 2 is 1.89 bits per heavy atom. The van der Waals surface area contributed by atoms with Gasteiger partial charge in [-0.2, -0.15) is 0 Å². The predicted molar refractivity (Wildman–Crippen MR) is 116 cm³/mol. The summed E-state index contributed by atoms with van der Waals surface area (Å²) in [5.74, 6) is -0.296. The molecule has 0 radical (unpaired) electrons. The standard InChI is InChI=1S/C19H15Cl2N3O2S.ClH/c1-24(17(25)11-27-19-22-8-9-23-19)16-7-6-12(20)10-14(16)18(26)13-4-2-3-5-15(13)21;/h2-10H,11H2,1H3,(H,22,23);1H. The molecule has 0 saturated carbocycles. The molecule has 1 N–H and O–H groups in total. The number of carbonyl (C=O) groups is 2. The first kappa shape index (κ1) is 22.3. The van der Waals surface area contributed by atoms with E-state index in [2.05, 4.69) is 9.97 Å². The molecule has 0 atom stereocenters. The molecule has 5 nitrogen and oxygen atoms in total. The van der Waals surface area contributed by atoms with E-state index in [0.717, 1.165) is 0 Å². The largest absolute Gasteiger partial charge is 0.340 e. The number of imidazole rings is 1. The van der Waals surface area contributed by atoms with E-state index in [-0.39, 0.29) is 29.9 Å². The molecule has 28 heavy (non-hydrogen) atoms. The summed E-state index contributed by atoms with van der Waals surface area (Å²) in [4.78, 5) is 34.1. The summed E-state index contributed by atoms with van der Waals surface area (Å²) < 4.78 is 0. The van der Waals surface area contributed by atoms with Crippen LogP contribution in [0.1, 0.15) is 15.9 Å². The van der Waals surface area contributed by atoms with E-state index in [0.29, 0.717) is 32.0 Å². The molecule has 0 fully saturated rings. The SMILES string of the molecule is CN(C(=O)CSc1ncc[nH]1)c1ccc(Cl)cc1C(=O)c1ccccc1Cl.Cl. The lowest BCUT2D eigenvalue weighted by Gasteiger charge is -2.20. The van der Waals surface area contributed by atoms with Crippen molar-refractivity contribution in [2.75, 3.05) is 17.7 Å². The van der Waals surface area contributed by atoms with Crippen molar-refractivity contribution in [2.24, 2.45) is 0 Å². The van der Waals surface area contributed by atoms with Crippen LogP contribution in [0.5, 0.6) is 0 Å². The van der Waals surface area contributed by atoms with Crippen LogP contribution in [0, 0.1) is 0 Å². The van der Waals surface area contributed by atoms with Gasteiger partial charge in [0, 0.05) is 35.6 Å². The van der Waals surface area contributed by atoms with Gasteiger partial charge in [-0.1, -0.05) is 47.1 Å². The number of hydrogen-bond donors (Lipinski definition) is 1. The number of aromatic amines is 1. The number of ketones is 1. The van der Waals surface area contributed by atoms with Crippen LogP contribution < -0.4 is 4.90 Å². The lowest BCUT2D eigenvalue weighted by molar-refractivity contribution is -0.115. The molecule has 0 aliphatic carbocycles. The van der Waals surface area contributed by atoms with Gasteiger partial charge in [-0.15, -0.1) is 12.4 Å². The van der Waals surface area contributed by atoms with E-state index >= 15 is 0 Å². The summed E-state index contributed by atoms with van der Waals surface area (Å²) in [5.41, 5.74) is 1.14. The first-order chi connectivity index (χ1) is 13.0. The number of nitrogens with zero attached hydrogens (tertiary/aromatic N) is 2. The molecule has 0 aliphatic rings. The van der Waals surface area contributed by atoms with Crippen LogP contribution in [-0.2, 0) is 4.79 Å². The van der Waals surface area contributed by atoms with E-state index in [1.807, 2.05) is 0 Å². The van der Waals surface area contributed by atoms with Crippen molar-refractivity contribution < 1.29 is 9.59 Å². The van der Waals surface area contributed by atoms with Gasteiger partial charge >= 0.3 is 0 Å². The van der Waals surface area contributed by atoms with Gasteiger partial charge in [0.15, 0.2) is 10.9 Å². The van der Waals surface area contributed by atoms with Crippen LogP contribution in [-0.4, -0.2) is 34.5 Å². The third-order valence-electron chi connectivity index (χ3n) is 3.86. The molecular weight excluding hydrogens is 441 g/mol. The Kier molecular flexibility index (Phi) is 7.95. The number of H-pyrrole nitrogens is 1. The Morgan fingerprint density at radius 1 is 1.14 bits per heavy atom. The van der Waals surface area contributed by atoms with Crippen molar-refractivity contribution in [1.29, 1.82) is 0 Å². The van der Waals surface area contributed by atoms with Gasteiger partial charge in [-0.05, 0) is 30.3 Å². The van der Waals surface area contributed by atoms with E-state index in [4.69, 9.17) is 23.2 Å². The zero-order valence-electron chi connectivity index (χ0n) is 14.7. The molecule has 1 aromatic heterocycles. The lowest BCUT2D eigenvalue weighted by Crippen LogP contribution is -2.29. The van der Waals surface area contributed by atoms with Gasteiger partial charge in [0.2, 0.25) is 5.91 Å². The van der Waals surface area contributed by atoms with Gasteiger partial charge in [0.05, 0.1) is 16.5 Å². The minimum atomic E-state index is -0.295. The van der Waals surface area contributed by atoms with Crippen molar-refractivity contribution in [1.82, 2.24) is 9.97 Å². The van der Waals surface area contributed by atoms with Crippen molar-refractivity contribution in [3.8, 4) is 0 Å². The number of rotatable bonds is 6. The second kappa shape index (κ2) is 9.98. The molecule has 0 saturated heterocycles. The van der Waals surface area contributed by atoms with Crippen LogP contribution in [0.15, 0.2) is 60.0 Å². The normalized spacial score (nSPS) is 10.2. The minimum Gasteiger partial charge on any atom is -0.340 e. The third-order valence-corrected chi connectivity index (χ3v) is 5.32. The molecule has 146 valence electrons. The fraction of sp³-hybridized carbons (Fsp3) is 0.105. The number of nitrogens with one attached hydrogen (secondary N) is 1. The van der Waals surface area contributed by atoms with E-state index in [9.17, 15) is 9.59 Å². The zero-order chi connectivity index (χ0) is 19.4. The molecule has 3 rings (SSSR count). The Hall–Kier alpha value is -1.99. The number of amides is 1. The van der Waals surface area contributed by atoms with Crippen molar-refractivity contribution in [2.45, 2.75) is 5.16 Å². The molecule has 0 unspecified atom stereocenters. The molecule has 1 heterocycles. The summed E-state index contributed by atoms with van der Waals surface area (Å²) in [6.45, 7) is 0. The van der Waals surface area contributed by atoms with E-state index in [1.165, 1.54) is 16.7 Å². The average Bonchev–Trinajstić information content (AvgIpc) is 3.19. The Labute approximate surface area is 182 Å². The van der Waals surface area contributed by atoms with Gasteiger partial charge < -0.3 is 9.88 Å². The second-order valence-corrected chi connectivity index (χ2v) is 7.41. The summed E-state index contributed by atoms with van der Waals surface area (Å²) in [6.07, 6.45) is 3.31. The van der Waals surface area contributed by atoms with Crippen LogP contribution in [0.25, 0.3) is 0 Å². The van der Waals surface area contributed by atoms with Crippen LogP contribution in [0.3, 0.4) is 0 Å². The molecule has 3 aromatic rings. The summed E-state index contributed by atoms with van der Waals surface area (Å²) in [7, 11) is 1.62. The van der Waals surface area contributed by atoms with Crippen molar-refractivity contribution in [3.05, 3.63) is 76.0 Å². The topological polar surface area (TPSA) is 66.1 Å². The van der Waals surface area contributed by atoms with Gasteiger partial charge in [0.25, 0.3) is 0 Å². The van der Waals surface area contributed by atoms with E-state index < -0.39 is 0 Å².